The zero-order chi connectivity index (χ0) is 13.3. The van der Waals surface area contributed by atoms with Gasteiger partial charge in [0.25, 0.3) is 0 Å². The molecule has 0 aliphatic heterocycles. The van der Waals surface area contributed by atoms with Crippen LogP contribution in [-0.4, -0.2) is 37.5 Å². The Hall–Kier alpha value is -1.89. The van der Waals surface area contributed by atoms with Gasteiger partial charge in [0.15, 0.2) is 0 Å². The van der Waals surface area contributed by atoms with Gasteiger partial charge in [0, 0.05) is 7.11 Å². The predicted octanol–water partition coefficient (Wildman–Crippen LogP) is -1.58. The van der Waals surface area contributed by atoms with Crippen molar-refractivity contribution in [2.24, 2.45) is 11.5 Å². The lowest BCUT2D eigenvalue weighted by atomic mass is 10.1. The molecule has 0 rings (SSSR count). The normalized spacial score (nSPS) is 12.3. The van der Waals surface area contributed by atoms with Crippen molar-refractivity contribution in [1.82, 2.24) is 5.32 Å². The van der Waals surface area contributed by atoms with E-state index >= 15 is 0 Å². The lowest BCUT2D eigenvalue weighted by Gasteiger charge is -2.13. The number of allylic oxidation sites excluding steroid dienone is 1. The molecule has 0 heterocycles. The summed E-state index contributed by atoms with van der Waals surface area (Å²) < 4.78 is 4.60. The van der Waals surface area contributed by atoms with Crippen LogP contribution in [-0.2, 0) is 19.1 Å². The zero-order valence-corrected chi connectivity index (χ0v) is 9.64. The maximum absolute atomic E-state index is 11.2. The van der Waals surface area contributed by atoms with Crippen LogP contribution in [0.3, 0.4) is 0 Å². The number of methoxy groups -OCH3 is 1. The third-order valence-corrected chi connectivity index (χ3v) is 1.86. The predicted molar refractivity (Wildman–Crippen MR) is 60.6 cm³/mol. The van der Waals surface area contributed by atoms with Crippen molar-refractivity contribution >= 4 is 17.7 Å². The molecule has 1 atom stereocenters. The second-order valence-corrected chi connectivity index (χ2v) is 3.34. The molecule has 3 amide bonds. The Balaban J connectivity index is 4.12. The number of nitrogens with one attached hydrogen (secondary N) is 1. The number of ether oxygens (including phenoxy) is 1. The third-order valence-electron chi connectivity index (χ3n) is 1.86. The standard InChI is InChI=1S/C10H17N3O4/c1-17-6-9(15)13-7(10(12)16)4-2-3-5-8(11)14/h3,5,7H,2,4,6H2,1H3,(H2,11,14)(H2,12,16)(H,13,15). The van der Waals surface area contributed by atoms with Crippen LogP contribution in [0.25, 0.3) is 0 Å². The van der Waals surface area contributed by atoms with Crippen LogP contribution in [0.2, 0.25) is 0 Å². The summed E-state index contributed by atoms with van der Waals surface area (Å²) in [6.07, 6.45) is 3.41. The molecule has 7 nitrogen and oxygen atoms in total. The second-order valence-electron chi connectivity index (χ2n) is 3.34. The monoisotopic (exact) mass is 243 g/mol. The molecule has 0 aromatic rings. The van der Waals surface area contributed by atoms with Crippen molar-refractivity contribution in [3.05, 3.63) is 12.2 Å². The van der Waals surface area contributed by atoms with Crippen LogP contribution in [0.15, 0.2) is 12.2 Å². The fourth-order valence-electron chi connectivity index (χ4n) is 1.12. The zero-order valence-electron chi connectivity index (χ0n) is 9.64. The number of hydrogen-bond donors (Lipinski definition) is 3. The summed E-state index contributed by atoms with van der Waals surface area (Å²) in [5, 5.41) is 2.42. The molecule has 0 aromatic heterocycles. The maximum Gasteiger partial charge on any atom is 0.246 e. The van der Waals surface area contributed by atoms with Crippen LogP contribution in [0.4, 0.5) is 0 Å². The van der Waals surface area contributed by atoms with E-state index in [0.29, 0.717) is 12.8 Å². The van der Waals surface area contributed by atoms with Gasteiger partial charge in [-0.1, -0.05) is 6.08 Å². The molecule has 0 aliphatic rings. The van der Waals surface area contributed by atoms with Crippen molar-refractivity contribution < 1.29 is 19.1 Å². The fourth-order valence-corrected chi connectivity index (χ4v) is 1.12. The Morgan fingerprint density at radius 3 is 2.47 bits per heavy atom. The van der Waals surface area contributed by atoms with Crippen LogP contribution in [0.1, 0.15) is 12.8 Å². The number of carbonyl (C=O) groups is 3. The van der Waals surface area contributed by atoms with E-state index in [1.54, 1.807) is 0 Å². The fraction of sp³-hybridized carbons (Fsp3) is 0.500. The first-order valence-electron chi connectivity index (χ1n) is 5.01. The van der Waals surface area contributed by atoms with Gasteiger partial charge in [-0.25, -0.2) is 0 Å². The summed E-state index contributed by atoms with van der Waals surface area (Å²) in [5.74, 6) is -1.62. The Bertz CT molecular complexity index is 315. The summed E-state index contributed by atoms with van der Waals surface area (Å²) in [5.41, 5.74) is 10.00. The van der Waals surface area contributed by atoms with Crippen LogP contribution < -0.4 is 16.8 Å². The highest BCUT2D eigenvalue weighted by Crippen LogP contribution is 1.98. The molecule has 1 unspecified atom stereocenters. The van der Waals surface area contributed by atoms with Crippen LogP contribution in [0, 0.1) is 0 Å². The van der Waals surface area contributed by atoms with Crippen LogP contribution >= 0.6 is 0 Å². The smallest absolute Gasteiger partial charge is 0.246 e. The van der Waals surface area contributed by atoms with Crippen molar-refractivity contribution in [3.63, 3.8) is 0 Å². The van der Waals surface area contributed by atoms with Crippen LogP contribution in [0.5, 0.6) is 0 Å². The third kappa shape index (κ3) is 7.97. The average Bonchev–Trinajstić information content (AvgIpc) is 2.22. The molecule has 0 spiro atoms. The van der Waals surface area contributed by atoms with Gasteiger partial charge >= 0.3 is 0 Å². The first kappa shape index (κ1) is 15.1. The van der Waals surface area contributed by atoms with E-state index in [0.717, 1.165) is 0 Å². The number of carbonyl (C=O) groups excluding carboxylic acids is 3. The summed E-state index contributed by atoms with van der Waals surface area (Å²) >= 11 is 0. The van der Waals surface area contributed by atoms with Gasteiger partial charge in [-0.2, -0.15) is 0 Å². The summed E-state index contributed by atoms with van der Waals surface area (Å²) in [6.45, 7) is -0.138. The molecule has 0 aliphatic carbocycles. The van der Waals surface area contributed by atoms with E-state index in [-0.39, 0.29) is 6.61 Å². The minimum absolute atomic E-state index is 0.138. The van der Waals surface area contributed by atoms with Gasteiger partial charge in [0.1, 0.15) is 12.6 Å². The number of nitrogens with two attached hydrogens (primary N) is 2. The molecule has 0 bridgehead atoms. The van der Waals surface area contributed by atoms with Gasteiger partial charge in [-0.3, -0.25) is 14.4 Å². The Kier molecular flexibility index (Phi) is 7.36. The largest absolute Gasteiger partial charge is 0.375 e. The number of hydrogen-bond acceptors (Lipinski definition) is 4. The highest BCUT2D eigenvalue weighted by Gasteiger charge is 2.16. The lowest BCUT2D eigenvalue weighted by molar-refractivity contribution is -0.129. The molecule has 0 aromatic carbocycles. The maximum atomic E-state index is 11.2. The van der Waals surface area contributed by atoms with Gasteiger partial charge in [0.2, 0.25) is 17.7 Å². The van der Waals surface area contributed by atoms with Gasteiger partial charge in [-0.05, 0) is 18.9 Å². The molecular weight excluding hydrogens is 226 g/mol. The van der Waals surface area contributed by atoms with E-state index in [4.69, 9.17) is 11.5 Å². The number of primary amides is 2. The highest BCUT2D eigenvalue weighted by atomic mass is 16.5. The van der Waals surface area contributed by atoms with Crippen molar-refractivity contribution in [1.29, 1.82) is 0 Å². The molecule has 0 radical (unpaired) electrons. The Morgan fingerprint density at radius 1 is 1.35 bits per heavy atom. The van der Waals surface area contributed by atoms with E-state index < -0.39 is 23.8 Å². The minimum Gasteiger partial charge on any atom is -0.375 e. The van der Waals surface area contributed by atoms with E-state index in [2.05, 4.69) is 10.1 Å². The number of rotatable bonds is 8. The topological polar surface area (TPSA) is 125 Å². The molecule has 96 valence electrons. The first-order valence-corrected chi connectivity index (χ1v) is 5.01. The second kappa shape index (κ2) is 8.28. The summed E-state index contributed by atoms with van der Waals surface area (Å²) in [7, 11) is 1.37. The summed E-state index contributed by atoms with van der Waals surface area (Å²) in [4.78, 5) is 32.6. The van der Waals surface area contributed by atoms with Gasteiger partial charge in [-0.15, -0.1) is 0 Å². The molecule has 17 heavy (non-hydrogen) atoms. The van der Waals surface area contributed by atoms with Gasteiger partial charge in [0.05, 0.1) is 0 Å². The van der Waals surface area contributed by atoms with Crippen molar-refractivity contribution in [3.8, 4) is 0 Å². The molecule has 5 N–H and O–H groups in total. The molecule has 7 heteroatoms. The highest BCUT2D eigenvalue weighted by molar-refractivity contribution is 5.87. The van der Waals surface area contributed by atoms with E-state index in [1.807, 2.05) is 0 Å². The Labute approximate surface area is 99.2 Å². The lowest BCUT2D eigenvalue weighted by Crippen LogP contribution is -2.45. The molecule has 0 fully saturated rings. The number of amides is 3. The molecular formula is C10H17N3O4. The van der Waals surface area contributed by atoms with E-state index in [9.17, 15) is 14.4 Å². The van der Waals surface area contributed by atoms with Crippen molar-refractivity contribution in [2.45, 2.75) is 18.9 Å². The average molecular weight is 243 g/mol. The first-order chi connectivity index (χ1) is 7.97. The van der Waals surface area contributed by atoms with Gasteiger partial charge < -0.3 is 21.5 Å². The molecule has 0 saturated carbocycles. The summed E-state index contributed by atoms with van der Waals surface area (Å²) in [6, 6.07) is -0.782. The quantitative estimate of drug-likeness (QED) is 0.445. The SMILES string of the molecule is COCC(=O)NC(CCC=CC(N)=O)C(N)=O. The minimum atomic E-state index is -0.782. The Morgan fingerprint density at radius 2 is 2.00 bits per heavy atom. The van der Waals surface area contributed by atoms with Crippen molar-refractivity contribution in [2.75, 3.05) is 13.7 Å². The van der Waals surface area contributed by atoms with E-state index in [1.165, 1.54) is 19.3 Å². The molecule has 0 saturated heterocycles.